The number of aryl methyl sites for hydroxylation is 1. The van der Waals surface area contributed by atoms with E-state index in [4.69, 9.17) is 11.6 Å². The highest BCUT2D eigenvalue weighted by Gasteiger charge is 2.05. The zero-order valence-corrected chi connectivity index (χ0v) is 7.77. The summed E-state index contributed by atoms with van der Waals surface area (Å²) in [6.45, 7) is 1.73. The van der Waals surface area contributed by atoms with Crippen LogP contribution >= 0.6 is 11.6 Å². The van der Waals surface area contributed by atoms with Gasteiger partial charge in [-0.1, -0.05) is 11.6 Å². The zero-order chi connectivity index (χ0) is 9.42. The Balaban J connectivity index is 2.94. The molecule has 3 heteroatoms. The van der Waals surface area contributed by atoms with E-state index in [-0.39, 0.29) is 5.82 Å². The second-order valence-electron chi connectivity index (χ2n) is 2.87. The van der Waals surface area contributed by atoms with Crippen LogP contribution in [0.4, 0.5) is 4.39 Å². The van der Waals surface area contributed by atoms with E-state index in [2.05, 4.69) is 4.98 Å². The van der Waals surface area contributed by atoms with Crippen molar-refractivity contribution in [2.75, 3.05) is 0 Å². The Morgan fingerprint density at radius 1 is 1.23 bits per heavy atom. The average molecular weight is 196 g/mol. The number of rotatable bonds is 0. The van der Waals surface area contributed by atoms with Crippen molar-refractivity contribution in [2.45, 2.75) is 6.92 Å². The number of halogens is 2. The molecule has 0 aliphatic carbocycles. The molecule has 1 aromatic carbocycles. The molecule has 0 fully saturated rings. The minimum atomic E-state index is -0.213. The highest BCUT2D eigenvalue weighted by molar-refractivity contribution is 6.34. The molecule has 0 N–H and O–H groups in total. The molecule has 1 nitrogen and oxygen atoms in total. The molecule has 2 rings (SSSR count). The second-order valence-corrected chi connectivity index (χ2v) is 3.23. The minimum absolute atomic E-state index is 0.213. The maximum Gasteiger partial charge on any atom is 0.136 e. The van der Waals surface area contributed by atoms with Gasteiger partial charge in [0, 0.05) is 11.6 Å². The lowest BCUT2D eigenvalue weighted by Gasteiger charge is -2.03. The van der Waals surface area contributed by atoms with E-state index >= 15 is 0 Å². The van der Waals surface area contributed by atoms with Crippen molar-refractivity contribution in [1.29, 1.82) is 0 Å². The van der Waals surface area contributed by atoms with E-state index in [9.17, 15) is 4.39 Å². The Hall–Kier alpha value is -1.15. The molecule has 0 bridgehead atoms. The van der Waals surface area contributed by atoms with Crippen molar-refractivity contribution >= 4 is 22.4 Å². The van der Waals surface area contributed by atoms with Gasteiger partial charge in [-0.05, 0) is 36.1 Å². The molecule has 0 radical (unpaired) electrons. The van der Waals surface area contributed by atoms with Crippen molar-refractivity contribution in [1.82, 2.24) is 4.98 Å². The predicted molar refractivity (Wildman–Crippen MR) is 51.4 cm³/mol. The number of nitrogens with zero attached hydrogens (tertiary/aromatic N) is 1. The summed E-state index contributed by atoms with van der Waals surface area (Å²) >= 11 is 5.85. The number of pyridine rings is 1. The number of fused-ring (bicyclic) bond motifs is 1. The molecule has 1 heterocycles. The summed E-state index contributed by atoms with van der Waals surface area (Å²) in [5.74, 6) is -0.213. The van der Waals surface area contributed by atoms with Crippen LogP contribution in [0, 0.1) is 12.7 Å². The van der Waals surface area contributed by atoms with Crippen molar-refractivity contribution < 1.29 is 4.39 Å². The van der Waals surface area contributed by atoms with Crippen LogP contribution in [-0.4, -0.2) is 4.98 Å². The third kappa shape index (κ3) is 1.27. The summed E-state index contributed by atoms with van der Waals surface area (Å²) in [5, 5.41) is 2.03. The molecule has 0 aliphatic rings. The van der Waals surface area contributed by atoms with E-state index in [1.807, 2.05) is 0 Å². The molecule has 66 valence electrons. The first-order valence-electron chi connectivity index (χ1n) is 3.89. The Labute approximate surface area is 80.2 Å². The minimum Gasteiger partial charge on any atom is -0.244 e. The average Bonchev–Trinajstić information content (AvgIpc) is 2.12. The Morgan fingerprint density at radius 2 is 2.00 bits per heavy atom. The quantitative estimate of drug-likeness (QED) is 0.588. The fourth-order valence-electron chi connectivity index (χ4n) is 1.34. The number of hydrogen-bond acceptors (Lipinski definition) is 1. The molecule has 0 aliphatic heterocycles. The van der Waals surface area contributed by atoms with Crippen LogP contribution in [0.1, 0.15) is 5.56 Å². The van der Waals surface area contributed by atoms with Gasteiger partial charge in [-0.15, -0.1) is 0 Å². The fourth-order valence-corrected chi connectivity index (χ4v) is 1.56. The van der Waals surface area contributed by atoms with Crippen LogP contribution in [0.3, 0.4) is 0 Å². The summed E-state index contributed by atoms with van der Waals surface area (Å²) in [6.07, 6.45) is 1.58. The van der Waals surface area contributed by atoms with Gasteiger partial charge in [0.15, 0.2) is 0 Å². The molecule has 13 heavy (non-hydrogen) atoms. The topological polar surface area (TPSA) is 12.9 Å². The highest BCUT2D eigenvalue weighted by Crippen LogP contribution is 2.25. The van der Waals surface area contributed by atoms with Crippen LogP contribution in [-0.2, 0) is 0 Å². The lowest BCUT2D eigenvalue weighted by molar-refractivity contribution is 0.621. The SMILES string of the molecule is Cc1c(F)ccc2c(Cl)nccc12. The normalized spacial score (nSPS) is 10.7. The monoisotopic (exact) mass is 195 g/mol. The fraction of sp³-hybridized carbons (Fsp3) is 0.100. The molecule has 1 aromatic heterocycles. The lowest BCUT2D eigenvalue weighted by Crippen LogP contribution is -1.86. The Kier molecular flexibility index (Phi) is 1.93. The maximum atomic E-state index is 13.1. The Morgan fingerprint density at radius 3 is 2.77 bits per heavy atom. The van der Waals surface area contributed by atoms with Gasteiger partial charge in [0.25, 0.3) is 0 Å². The van der Waals surface area contributed by atoms with E-state index in [0.29, 0.717) is 10.7 Å². The van der Waals surface area contributed by atoms with Gasteiger partial charge in [-0.25, -0.2) is 9.37 Å². The first-order valence-corrected chi connectivity index (χ1v) is 4.27. The molecule has 0 atom stereocenters. The summed E-state index contributed by atoms with van der Waals surface area (Å²) in [5.41, 5.74) is 0.613. The molecular formula is C10H7ClFN. The van der Waals surface area contributed by atoms with Crippen molar-refractivity contribution in [3.05, 3.63) is 40.9 Å². The summed E-state index contributed by atoms with van der Waals surface area (Å²) < 4.78 is 13.1. The van der Waals surface area contributed by atoms with E-state index in [1.165, 1.54) is 6.07 Å². The molecule has 0 unspecified atom stereocenters. The number of hydrogen-bond donors (Lipinski definition) is 0. The highest BCUT2D eigenvalue weighted by atomic mass is 35.5. The zero-order valence-electron chi connectivity index (χ0n) is 7.01. The van der Waals surface area contributed by atoms with Crippen LogP contribution in [0.15, 0.2) is 24.4 Å². The predicted octanol–water partition coefficient (Wildman–Crippen LogP) is 3.34. The van der Waals surface area contributed by atoms with E-state index < -0.39 is 0 Å². The van der Waals surface area contributed by atoms with Gasteiger partial charge in [0.2, 0.25) is 0 Å². The standard InChI is InChI=1S/C10H7ClFN/c1-6-7-4-5-13-10(11)8(7)2-3-9(6)12/h2-5H,1H3. The largest absolute Gasteiger partial charge is 0.244 e. The van der Waals surface area contributed by atoms with Crippen LogP contribution in [0.5, 0.6) is 0 Å². The number of aromatic nitrogens is 1. The van der Waals surface area contributed by atoms with Gasteiger partial charge in [-0.2, -0.15) is 0 Å². The summed E-state index contributed by atoms with van der Waals surface area (Å²) in [7, 11) is 0. The van der Waals surface area contributed by atoms with E-state index in [1.54, 1.807) is 25.3 Å². The van der Waals surface area contributed by atoms with Gasteiger partial charge in [0.1, 0.15) is 11.0 Å². The van der Waals surface area contributed by atoms with Crippen molar-refractivity contribution in [3.8, 4) is 0 Å². The molecule has 2 aromatic rings. The second kappa shape index (κ2) is 2.96. The van der Waals surface area contributed by atoms with Gasteiger partial charge in [-0.3, -0.25) is 0 Å². The first-order chi connectivity index (χ1) is 6.20. The Bertz CT molecular complexity index is 468. The van der Waals surface area contributed by atoms with Crippen molar-refractivity contribution in [3.63, 3.8) is 0 Å². The molecule has 0 spiro atoms. The lowest BCUT2D eigenvalue weighted by atomic mass is 10.1. The third-order valence-corrected chi connectivity index (χ3v) is 2.40. The van der Waals surface area contributed by atoms with E-state index in [0.717, 1.165) is 10.8 Å². The van der Waals surface area contributed by atoms with Gasteiger partial charge < -0.3 is 0 Å². The summed E-state index contributed by atoms with van der Waals surface area (Å²) in [4.78, 5) is 3.92. The number of benzene rings is 1. The third-order valence-electron chi connectivity index (χ3n) is 2.10. The van der Waals surface area contributed by atoms with Crippen LogP contribution in [0.25, 0.3) is 10.8 Å². The summed E-state index contributed by atoms with van der Waals surface area (Å²) in [6, 6.07) is 4.82. The van der Waals surface area contributed by atoms with Crippen molar-refractivity contribution in [2.24, 2.45) is 0 Å². The van der Waals surface area contributed by atoms with Gasteiger partial charge >= 0.3 is 0 Å². The molecular weight excluding hydrogens is 189 g/mol. The van der Waals surface area contributed by atoms with Crippen LogP contribution in [0.2, 0.25) is 5.15 Å². The molecule has 0 amide bonds. The maximum absolute atomic E-state index is 13.1. The molecule has 0 saturated carbocycles. The first kappa shape index (κ1) is 8.45. The molecule has 0 saturated heterocycles. The smallest absolute Gasteiger partial charge is 0.136 e. The van der Waals surface area contributed by atoms with Gasteiger partial charge in [0.05, 0.1) is 0 Å². The van der Waals surface area contributed by atoms with Crippen LogP contribution < -0.4 is 0 Å².